The fourth-order valence-corrected chi connectivity index (χ4v) is 2.38. The highest BCUT2D eigenvalue weighted by atomic mass is 16.5. The summed E-state index contributed by atoms with van der Waals surface area (Å²) in [6.45, 7) is 10.4. The molecule has 0 aromatic heterocycles. The van der Waals surface area contributed by atoms with Crippen molar-refractivity contribution >= 4 is 5.97 Å². The second-order valence-electron chi connectivity index (χ2n) is 5.15. The Morgan fingerprint density at radius 2 is 1.68 bits per heavy atom. The fraction of sp³-hybridized carbons (Fsp3) is 0.944. The van der Waals surface area contributed by atoms with E-state index in [9.17, 15) is 9.90 Å². The van der Waals surface area contributed by atoms with Crippen molar-refractivity contribution in [1.82, 2.24) is 0 Å². The average molecular weight is 318 g/mol. The van der Waals surface area contributed by atoms with Crippen LogP contribution in [0.4, 0.5) is 0 Å². The molecule has 1 rings (SSSR count). The van der Waals surface area contributed by atoms with Gasteiger partial charge in [-0.1, -0.05) is 34.6 Å². The zero-order chi connectivity index (χ0) is 17.4. The van der Waals surface area contributed by atoms with Gasteiger partial charge in [-0.25, -0.2) is 0 Å². The van der Waals surface area contributed by atoms with Gasteiger partial charge >= 0.3 is 5.97 Å². The van der Waals surface area contributed by atoms with Crippen LogP contribution in [0, 0.1) is 5.92 Å². The van der Waals surface area contributed by atoms with Crippen LogP contribution in [0.15, 0.2) is 0 Å². The summed E-state index contributed by atoms with van der Waals surface area (Å²) < 4.78 is 10.3. The van der Waals surface area contributed by atoms with Gasteiger partial charge < -0.3 is 14.6 Å². The predicted octanol–water partition coefficient (Wildman–Crippen LogP) is 4.34. The van der Waals surface area contributed by atoms with Crippen LogP contribution in [-0.2, 0) is 14.3 Å². The van der Waals surface area contributed by atoms with Crippen molar-refractivity contribution in [3.05, 3.63) is 0 Å². The molecule has 4 heteroatoms. The monoisotopic (exact) mass is 318 g/mol. The largest absolute Gasteiger partial charge is 0.469 e. The van der Waals surface area contributed by atoms with Gasteiger partial charge in [-0.15, -0.1) is 0 Å². The number of aliphatic hydroxyl groups is 1. The lowest BCUT2D eigenvalue weighted by Gasteiger charge is -2.28. The first-order valence-electron chi connectivity index (χ1n) is 9.02. The van der Waals surface area contributed by atoms with Crippen LogP contribution in [0.3, 0.4) is 0 Å². The minimum atomic E-state index is -0.331. The minimum absolute atomic E-state index is 0.112. The normalized spacial score (nSPS) is 21.6. The summed E-state index contributed by atoms with van der Waals surface area (Å²) in [6, 6.07) is 0. The zero-order valence-electron chi connectivity index (χ0n) is 15.6. The molecule has 1 saturated carbocycles. The van der Waals surface area contributed by atoms with E-state index in [1.165, 1.54) is 7.11 Å². The number of hydrogen-bond acceptors (Lipinski definition) is 4. The molecule has 0 saturated heterocycles. The second-order valence-corrected chi connectivity index (χ2v) is 5.15. The fourth-order valence-electron chi connectivity index (χ4n) is 2.38. The minimum Gasteiger partial charge on any atom is -0.469 e. The summed E-state index contributed by atoms with van der Waals surface area (Å²) in [4.78, 5) is 11.1. The molecule has 0 radical (unpaired) electrons. The third-order valence-electron chi connectivity index (χ3n) is 3.77. The Balaban J connectivity index is 0. The first-order valence-corrected chi connectivity index (χ1v) is 9.02. The van der Waals surface area contributed by atoms with E-state index in [-0.39, 0.29) is 12.1 Å². The van der Waals surface area contributed by atoms with Crippen LogP contribution in [0.5, 0.6) is 0 Å². The van der Waals surface area contributed by atoms with Crippen LogP contribution in [0.2, 0.25) is 0 Å². The topological polar surface area (TPSA) is 55.8 Å². The van der Waals surface area contributed by atoms with E-state index in [0.717, 1.165) is 38.5 Å². The smallest absolute Gasteiger partial charge is 0.305 e. The molecule has 1 fully saturated rings. The predicted molar refractivity (Wildman–Crippen MR) is 91.9 cm³/mol. The maximum absolute atomic E-state index is 11.1. The van der Waals surface area contributed by atoms with E-state index in [2.05, 4.69) is 4.74 Å². The molecule has 1 aliphatic rings. The third kappa shape index (κ3) is 12.0. The van der Waals surface area contributed by atoms with Gasteiger partial charge in [-0.2, -0.15) is 0 Å². The van der Waals surface area contributed by atoms with E-state index >= 15 is 0 Å². The van der Waals surface area contributed by atoms with Crippen LogP contribution >= 0.6 is 0 Å². The number of rotatable bonds is 7. The van der Waals surface area contributed by atoms with Gasteiger partial charge in [0.2, 0.25) is 0 Å². The Kier molecular flexibility index (Phi) is 18.0. The molecule has 1 aliphatic carbocycles. The van der Waals surface area contributed by atoms with Gasteiger partial charge in [-0.05, 0) is 44.4 Å². The molecular formula is C18H38O4. The van der Waals surface area contributed by atoms with E-state index in [1.54, 1.807) is 0 Å². The maximum atomic E-state index is 11.1. The first kappa shape index (κ1) is 23.7. The highest BCUT2D eigenvalue weighted by molar-refractivity contribution is 5.69. The Bertz CT molecular complexity index is 235. The Morgan fingerprint density at radius 1 is 1.14 bits per heavy atom. The lowest BCUT2D eigenvalue weighted by Crippen LogP contribution is -2.26. The van der Waals surface area contributed by atoms with Crippen LogP contribution in [-0.4, -0.2) is 37.0 Å². The van der Waals surface area contributed by atoms with E-state index in [1.807, 2.05) is 34.6 Å². The van der Waals surface area contributed by atoms with Crippen molar-refractivity contribution in [3.63, 3.8) is 0 Å². The summed E-state index contributed by atoms with van der Waals surface area (Å²) in [5, 5.41) is 9.44. The third-order valence-corrected chi connectivity index (χ3v) is 3.77. The lowest BCUT2D eigenvalue weighted by molar-refractivity contribution is -0.141. The van der Waals surface area contributed by atoms with E-state index in [0.29, 0.717) is 25.0 Å². The summed E-state index contributed by atoms with van der Waals surface area (Å²) in [5.41, 5.74) is 0. The van der Waals surface area contributed by atoms with Crippen LogP contribution < -0.4 is 0 Å². The van der Waals surface area contributed by atoms with Gasteiger partial charge in [0.25, 0.3) is 0 Å². The molecule has 1 N–H and O–H groups in total. The van der Waals surface area contributed by atoms with E-state index in [4.69, 9.17) is 4.74 Å². The Labute approximate surface area is 137 Å². The highest BCUT2D eigenvalue weighted by Crippen LogP contribution is 2.29. The molecule has 1 atom stereocenters. The molecular weight excluding hydrogens is 280 g/mol. The number of carbonyl (C=O) groups excluding carboxylic acids is 1. The summed E-state index contributed by atoms with van der Waals surface area (Å²) >= 11 is 0. The van der Waals surface area contributed by atoms with Crippen LogP contribution in [0.25, 0.3) is 0 Å². The molecule has 0 aliphatic heterocycles. The standard InChI is InChI=1S/C14H26O4.2C2H6/c1-3-12(15)10-18-13-7-4-11(5-8-13)6-9-14(16)17-2;2*1-2/h11-13,15H,3-10H2,1-2H3;2*1-2H3. The Morgan fingerprint density at radius 3 is 2.14 bits per heavy atom. The molecule has 1 unspecified atom stereocenters. The summed E-state index contributed by atoms with van der Waals surface area (Å²) in [5.74, 6) is 0.513. The summed E-state index contributed by atoms with van der Waals surface area (Å²) in [6.07, 6.45) is 6.48. The number of methoxy groups -OCH3 is 1. The van der Waals surface area contributed by atoms with Crippen molar-refractivity contribution in [3.8, 4) is 0 Å². The van der Waals surface area contributed by atoms with Crippen molar-refractivity contribution in [2.24, 2.45) is 5.92 Å². The molecule has 0 aromatic rings. The number of ether oxygens (including phenoxy) is 2. The SMILES string of the molecule is CC.CC.CCC(O)COC1CCC(CCC(=O)OC)CC1. The quantitative estimate of drug-likeness (QED) is 0.710. The first-order chi connectivity index (χ1) is 10.7. The van der Waals surface area contributed by atoms with Gasteiger partial charge in [0.1, 0.15) is 0 Å². The highest BCUT2D eigenvalue weighted by Gasteiger charge is 2.22. The van der Waals surface area contributed by atoms with Gasteiger partial charge in [-0.3, -0.25) is 4.79 Å². The van der Waals surface area contributed by atoms with Crippen LogP contribution in [0.1, 0.15) is 79.6 Å². The van der Waals surface area contributed by atoms with E-state index < -0.39 is 0 Å². The van der Waals surface area contributed by atoms with Crippen molar-refractivity contribution < 1.29 is 19.4 Å². The number of carbonyl (C=O) groups is 1. The van der Waals surface area contributed by atoms with Gasteiger partial charge in [0, 0.05) is 6.42 Å². The van der Waals surface area contributed by atoms with Gasteiger partial charge in [0.15, 0.2) is 0 Å². The zero-order valence-corrected chi connectivity index (χ0v) is 15.6. The average Bonchev–Trinajstić information content (AvgIpc) is 2.61. The molecule has 0 heterocycles. The second kappa shape index (κ2) is 16.8. The number of esters is 1. The van der Waals surface area contributed by atoms with Crippen molar-refractivity contribution in [2.45, 2.75) is 91.8 Å². The Hall–Kier alpha value is -0.610. The number of aliphatic hydroxyl groups excluding tert-OH is 1. The number of hydrogen-bond donors (Lipinski definition) is 1. The molecule has 0 spiro atoms. The molecule has 0 aromatic carbocycles. The molecule has 4 nitrogen and oxygen atoms in total. The van der Waals surface area contributed by atoms with Crippen molar-refractivity contribution in [2.75, 3.05) is 13.7 Å². The lowest BCUT2D eigenvalue weighted by atomic mass is 9.84. The molecule has 0 bridgehead atoms. The molecule has 0 amide bonds. The molecule has 22 heavy (non-hydrogen) atoms. The van der Waals surface area contributed by atoms with Gasteiger partial charge in [0.05, 0.1) is 25.9 Å². The maximum Gasteiger partial charge on any atom is 0.305 e. The molecule has 134 valence electrons. The van der Waals surface area contributed by atoms with Crippen molar-refractivity contribution in [1.29, 1.82) is 0 Å². The summed E-state index contributed by atoms with van der Waals surface area (Å²) in [7, 11) is 1.44.